The number of nitrogens with zero attached hydrogens (tertiary/aromatic N) is 1. The van der Waals surface area contributed by atoms with Gasteiger partial charge in [-0.1, -0.05) is 51.1 Å². The smallest absolute Gasteiger partial charge is 0.408 e. The Kier molecular flexibility index (Phi) is 8.10. The molecule has 1 aromatic carbocycles. The van der Waals surface area contributed by atoms with Crippen LogP contribution < -0.4 is 5.32 Å². The first kappa shape index (κ1) is 22.5. The van der Waals surface area contributed by atoms with Crippen LogP contribution in [0.4, 0.5) is 4.79 Å². The summed E-state index contributed by atoms with van der Waals surface area (Å²) in [5.41, 5.74) is 0.638. The van der Waals surface area contributed by atoms with Crippen LogP contribution in [0.2, 0.25) is 0 Å². The highest BCUT2D eigenvalue weighted by atomic mass is 16.4. The van der Waals surface area contributed by atoms with Gasteiger partial charge in [-0.25, -0.2) is 4.79 Å². The van der Waals surface area contributed by atoms with Crippen LogP contribution in [-0.4, -0.2) is 52.0 Å². The van der Waals surface area contributed by atoms with Gasteiger partial charge in [-0.15, -0.1) is 0 Å². The van der Waals surface area contributed by atoms with E-state index in [2.05, 4.69) is 26.1 Å². The number of benzene rings is 1. The Morgan fingerprint density at radius 2 is 1.69 bits per heavy atom. The minimum Gasteiger partial charge on any atom is -0.465 e. The summed E-state index contributed by atoms with van der Waals surface area (Å²) in [6.45, 7) is 13.3. The van der Waals surface area contributed by atoms with E-state index >= 15 is 0 Å². The van der Waals surface area contributed by atoms with Crippen LogP contribution in [0.15, 0.2) is 30.3 Å². The predicted octanol–water partition coefficient (Wildman–Crippen LogP) is 3.76. The van der Waals surface area contributed by atoms with Gasteiger partial charge in [0.25, 0.3) is 0 Å². The fourth-order valence-electron chi connectivity index (χ4n) is 3.03. The van der Waals surface area contributed by atoms with Crippen LogP contribution in [-0.2, 0) is 6.42 Å². The highest BCUT2D eigenvalue weighted by molar-refractivity contribution is 5.66. The van der Waals surface area contributed by atoms with Gasteiger partial charge in [0.05, 0.1) is 12.1 Å². The van der Waals surface area contributed by atoms with Gasteiger partial charge in [-0.05, 0) is 51.1 Å². The van der Waals surface area contributed by atoms with Crippen LogP contribution in [0.25, 0.3) is 0 Å². The Bertz CT molecular complexity index is 547. The maximum Gasteiger partial charge on any atom is 0.408 e. The molecular formula is C21H36N2O3. The van der Waals surface area contributed by atoms with E-state index in [9.17, 15) is 15.0 Å². The number of carboxylic acid groups (broad SMARTS) is 1. The first-order valence-electron chi connectivity index (χ1n) is 9.37. The Morgan fingerprint density at radius 3 is 2.15 bits per heavy atom. The number of hydrogen-bond donors (Lipinski definition) is 3. The molecule has 0 aliphatic heterocycles. The lowest BCUT2D eigenvalue weighted by molar-refractivity contribution is 0.00772. The Morgan fingerprint density at radius 1 is 1.12 bits per heavy atom. The van der Waals surface area contributed by atoms with Crippen LogP contribution in [0.3, 0.4) is 0 Å². The second-order valence-electron chi connectivity index (χ2n) is 9.16. The van der Waals surface area contributed by atoms with Gasteiger partial charge in [0.15, 0.2) is 0 Å². The Hall–Kier alpha value is -1.59. The zero-order valence-corrected chi connectivity index (χ0v) is 17.1. The lowest BCUT2D eigenvalue weighted by atomic mass is 9.92. The molecule has 3 N–H and O–H groups in total. The fourth-order valence-corrected chi connectivity index (χ4v) is 3.03. The molecule has 5 heteroatoms. The summed E-state index contributed by atoms with van der Waals surface area (Å²) in [5.74, 6) is 0. The van der Waals surface area contributed by atoms with E-state index in [1.165, 1.54) is 4.90 Å². The number of hydrogen-bond acceptors (Lipinski definition) is 3. The van der Waals surface area contributed by atoms with Gasteiger partial charge in [0.2, 0.25) is 0 Å². The predicted molar refractivity (Wildman–Crippen MR) is 106 cm³/mol. The van der Waals surface area contributed by atoms with Crippen molar-refractivity contribution in [2.24, 2.45) is 5.41 Å². The minimum atomic E-state index is -1.01. The van der Waals surface area contributed by atoms with E-state index in [0.29, 0.717) is 13.0 Å². The monoisotopic (exact) mass is 364 g/mol. The van der Waals surface area contributed by atoms with E-state index in [1.807, 2.05) is 51.1 Å². The summed E-state index contributed by atoms with van der Waals surface area (Å²) in [6, 6.07) is 9.22. The molecule has 0 radical (unpaired) electrons. The number of aliphatic hydroxyl groups is 1. The van der Waals surface area contributed by atoms with Gasteiger partial charge < -0.3 is 15.5 Å². The van der Waals surface area contributed by atoms with E-state index in [0.717, 1.165) is 18.5 Å². The zero-order valence-electron chi connectivity index (χ0n) is 17.1. The largest absolute Gasteiger partial charge is 0.465 e. The molecule has 0 heterocycles. The number of aliphatic hydroxyl groups excluding tert-OH is 1. The highest BCUT2D eigenvalue weighted by Gasteiger charge is 2.37. The van der Waals surface area contributed by atoms with Crippen molar-refractivity contribution in [3.63, 3.8) is 0 Å². The molecule has 0 fully saturated rings. The summed E-state index contributed by atoms with van der Waals surface area (Å²) in [5, 5.41) is 23.9. The molecule has 0 aromatic heterocycles. The normalized spacial score (nSPS) is 14.7. The summed E-state index contributed by atoms with van der Waals surface area (Å²) in [7, 11) is 0. The molecule has 0 saturated heterocycles. The average Bonchev–Trinajstić information content (AvgIpc) is 2.49. The molecule has 0 aliphatic rings. The second-order valence-corrected chi connectivity index (χ2v) is 9.16. The molecule has 0 aliphatic carbocycles. The minimum absolute atomic E-state index is 0.222. The topological polar surface area (TPSA) is 72.8 Å². The van der Waals surface area contributed by atoms with E-state index in [1.54, 1.807) is 0 Å². The Labute approximate surface area is 158 Å². The maximum atomic E-state index is 11.9. The van der Waals surface area contributed by atoms with Crippen molar-refractivity contribution in [2.75, 3.05) is 13.1 Å². The molecular weight excluding hydrogens is 328 g/mol. The van der Waals surface area contributed by atoms with Crippen molar-refractivity contribution in [2.45, 2.75) is 72.1 Å². The zero-order chi connectivity index (χ0) is 20.0. The third kappa shape index (κ3) is 7.75. The molecule has 2 atom stereocenters. The maximum absolute atomic E-state index is 11.9. The third-order valence-electron chi connectivity index (χ3n) is 4.40. The summed E-state index contributed by atoms with van der Waals surface area (Å²) >= 11 is 0. The molecule has 26 heavy (non-hydrogen) atoms. The van der Waals surface area contributed by atoms with Gasteiger partial charge in [-0.2, -0.15) is 0 Å². The van der Waals surface area contributed by atoms with Crippen molar-refractivity contribution in [1.29, 1.82) is 0 Å². The van der Waals surface area contributed by atoms with Crippen LogP contribution in [0.5, 0.6) is 0 Å². The van der Waals surface area contributed by atoms with Gasteiger partial charge in [0, 0.05) is 12.1 Å². The summed E-state index contributed by atoms with van der Waals surface area (Å²) < 4.78 is 0. The lowest BCUT2D eigenvalue weighted by Gasteiger charge is -2.42. The van der Waals surface area contributed by atoms with Crippen molar-refractivity contribution in [1.82, 2.24) is 10.2 Å². The van der Waals surface area contributed by atoms with Gasteiger partial charge in [0.1, 0.15) is 0 Å². The first-order valence-corrected chi connectivity index (χ1v) is 9.37. The number of carbonyl (C=O) groups is 1. The molecule has 1 amide bonds. The van der Waals surface area contributed by atoms with Crippen LogP contribution >= 0.6 is 0 Å². The molecule has 5 nitrogen and oxygen atoms in total. The molecule has 0 spiro atoms. The number of nitrogens with one attached hydrogen (secondary N) is 1. The third-order valence-corrected chi connectivity index (χ3v) is 4.40. The number of amides is 1. The Balaban J connectivity index is 2.90. The van der Waals surface area contributed by atoms with Crippen molar-refractivity contribution in [3.05, 3.63) is 35.9 Å². The highest BCUT2D eigenvalue weighted by Crippen LogP contribution is 2.23. The standard InChI is InChI=1S/C21H36N2O3/c1-20(2,3)12-13-22-15-18(24)17(14-16-10-8-7-9-11-16)23(19(25)26)21(4,5)6/h7-11,17-18,22,24H,12-15H2,1-6H3,(H,25,26)/t17-,18+/m0/s1. The van der Waals surface area contributed by atoms with Gasteiger partial charge >= 0.3 is 6.09 Å². The SMILES string of the molecule is CC(C)(C)CCNC[C@@H](O)[C@H](Cc1ccccc1)N(C(=O)O)C(C)(C)C. The van der Waals surface area contributed by atoms with E-state index in [4.69, 9.17) is 0 Å². The van der Waals surface area contributed by atoms with Gasteiger partial charge in [-0.3, -0.25) is 4.90 Å². The van der Waals surface area contributed by atoms with Crippen molar-refractivity contribution in [3.8, 4) is 0 Å². The first-order chi connectivity index (χ1) is 11.9. The molecule has 1 rings (SSSR count). The second kappa shape index (κ2) is 9.38. The average molecular weight is 365 g/mol. The number of rotatable bonds is 8. The molecule has 0 unspecified atom stereocenters. The fraction of sp³-hybridized carbons (Fsp3) is 0.667. The summed E-state index contributed by atoms with van der Waals surface area (Å²) in [4.78, 5) is 13.3. The lowest BCUT2D eigenvalue weighted by Crippen LogP contribution is -2.58. The van der Waals surface area contributed by atoms with Crippen LogP contribution in [0.1, 0.15) is 53.5 Å². The van der Waals surface area contributed by atoms with Crippen molar-refractivity contribution < 1.29 is 15.0 Å². The molecule has 0 bridgehead atoms. The van der Waals surface area contributed by atoms with E-state index < -0.39 is 23.8 Å². The summed E-state index contributed by atoms with van der Waals surface area (Å²) in [6.07, 6.45) is -0.324. The van der Waals surface area contributed by atoms with E-state index in [-0.39, 0.29) is 5.41 Å². The van der Waals surface area contributed by atoms with Crippen LogP contribution in [0, 0.1) is 5.41 Å². The van der Waals surface area contributed by atoms with Crippen molar-refractivity contribution >= 4 is 6.09 Å². The molecule has 0 saturated carbocycles. The molecule has 1 aromatic rings. The quantitative estimate of drug-likeness (QED) is 0.614. The molecule has 148 valence electrons.